The summed E-state index contributed by atoms with van der Waals surface area (Å²) in [6.07, 6.45) is 3.58. The van der Waals surface area contributed by atoms with Gasteiger partial charge in [-0.15, -0.1) is 0 Å². The second kappa shape index (κ2) is 5.44. The van der Waals surface area contributed by atoms with E-state index in [0.29, 0.717) is 11.4 Å². The SMILES string of the molecule is Cc1cnc(-c2ccc(-c3ccc(C)cc3F)cc2)nc1. The third-order valence-electron chi connectivity index (χ3n) is 3.36. The van der Waals surface area contributed by atoms with E-state index in [1.54, 1.807) is 18.5 Å². The van der Waals surface area contributed by atoms with Gasteiger partial charge in [0.2, 0.25) is 0 Å². The van der Waals surface area contributed by atoms with Crippen LogP contribution in [0.4, 0.5) is 4.39 Å². The summed E-state index contributed by atoms with van der Waals surface area (Å²) >= 11 is 0. The predicted octanol–water partition coefficient (Wildman–Crippen LogP) is 4.57. The molecule has 2 aromatic carbocycles. The molecule has 0 N–H and O–H groups in total. The average molecular weight is 278 g/mol. The smallest absolute Gasteiger partial charge is 0.159 e. The molecule has 0 saturated heterocycles. The molecule has 0 aliphatic carbocycles. The lowest BCUT2D eigenvalue weighted by Crippen LogP contribution is -1.90. The van der Waals surface area contributed by atoms with Crippen molar-refractivity contribution in [3.05, 3.63) is 71.8 Å². The lowest BCUT2D eigenvalue weighted by Gasteiger charge is -2.06. The Hall–Kier alpha value is -2.55. The molecule has 0 atom stereocenters. The first kappa shape index (κ1) is 13.4. The van der Waals surface area contributed by atoms with Gasteiger partial charge in [-0.1, -0.05) is 36.4 Å². The number of halogens is 1. The standard InChI is InChI=1S/C18H15FN2/c1-12-3-8-16(17(19)9-12)14-4-6-15(7-5-14)18-20-10-13(2)11-21-18/h3-11H,1-2H3. The molecule has 104 valence electrons. The van der Waals surface area contributed by atoms with Crippen molar-refractivity contribution in [1.82, 2.24) is 9.97 Å². The lowest BCUT2D eigenvalue weighted by molar-refractivity contribution is 0.630. The molecule has 3 rings (SSSR count). The van der Waals surface area contributed by atoms with Crippen LogP contribution in [0.3, 0.4) is 0 Å². The summed E-state index contributed by atoms with van der Waals surface area (Å²) in [6.45, 7) is 3.83. The first-order chi connectivity index (χ1) is 10.1. The number of hydrogen-bond donors (Lipinski definition) is 0. The van der Waals surface area contributed by atoms with Crippen molar-refractivity contribution in [2.45, 2.75) is 13.8 Å². The molecule has 0 spiro atoms. The van der Waals surface area contributed by atoms with E-state index in [2.05, 4.69) is 9.97 Å². The Morgan fingerprint density at radius 1 is 0.762 bits per heavy atom. The molecule has 3 aromatic rings. The van der Waals surface area contributed by atoms with Gasteiger partial charge in [0, 0.05) is 23.5 Å². The van der Waals surface area contributed by atoms with Crippen molar-refractivity contribution in [1.29, 1.82) is 0 Å². The molecule has 21 heavy (non-hydrogen) atoms. The van der Waals surface area contributed by atoms with Gasteiger partial charge in [-0.05, 0) is 36.6 Å². The van der Waals surface area contributed by atoms with Crippen LogP contribution in [-0.4, -0.2) is 9.97 Å². The van der Waals surface area contributed by atoms with Crippen LogP contribution >= 0.6 is 0 Å². The van der Waals surface area contributed by atoms with Gasteiger partial charge in [0.15, 0.2) is 5.82 Å². The van der Waals surface area contributed by atoms with Gasteiger partial charge >= 0.3 is 0 Å². The van der Waals surface area contributed by atoms with Gasteiger partial charge < -0.3 is 0 Å². The van der Waals surface area contributed by atoms with E-state index in [4.69, 9.17) is 0 Å². The molecular formula is C18H15FN2. The molecule has 0 aliphatic heterocycles. The summed E-state index contributed by atoms with van der Waals surface area (Å²) in [4.78, 5) is 8.59. The molecule has 0 saturated carbocycles. The van der Waals surface area contributed by atoms with Gasteiger partial charge in [-0.2, -0.15) is 0 Å². The lowest BCUT2D eigenvalue weighted by atomic mass is 10.0. The number of aromatic nitrogens is 2. The number of benzene rings is 2. The monoisotopic (exact) mass is 278 g/mol. The van der Waals surface area contributed by atoms with Crippen molar-refractivity contribution in [3.63, 3.8) is 0 Å². The van der Waals surface area contributed by atoms with Crippen LogP contribution in [0.5, 0.6) is 0 Å². The van der Waals surface area contributed by atoms with Crippen molar-refractivity contribution in [2.24, 2.45) is 0 Å². The van der Waals surface area contributed by atoms with Crippen molar-refractivity contribution < 1.29 is 4.39 Å². The van der Waals surface area contributed by atoms with E-state index in [1.165, 1.54) is 0 Å². The molecule has 1 aromatic heterocycles. The molecule has 0 aliphatic rings. The maximum Gasteiger partial charge on any atom is 0.159 e. The Morgan fingerprint density at radius 2 is 1.38 bits per heavy atom. The van der Waals surface area contributed by atoms with Crippen LogP contribution < -0.4 is 0 Å². The number of aryl methyl sites for hydroxylation is 2. The molecule has 2 nitrogen and oxygen atoms in total. The maximum absolute atomic E-state index is 14.0. The molecule has 0 amide bonds. The third kappa shape index (κ3) is 2.82. The summed E-state index contributed by atoms with van der Waals surface area (Å²) in [5.74, 6) is 0.478. The third-order valence-corrected chi connectivity index (χ3v) is 3.36. The Morgan fingerprint density at radius 3 is 2.00 bits per heavy atom. The fourth-order valence-electron chi connectivity index (χ4n) is 2.19. The molecule has 0 radical (unpaired) electrons. The summed E-state index contributed by atoms with van der Waals surface area (Å²) in [6, 6.07) is 12.9. The van der Waals surface area contributed by atoms with Gasteiger partial charge in [-0.3, -0.25) is 0 Å². The van der Waals surface area contributed by atoms with Crippen molar-refractivity contribution in [3.8, 4) is 22.5 Å². The summed E-state index contributed by atoms with van der Waals surface area (Å²) < 4.78 is 14.0. The Balaban J connectivity index is 1.95. The number of nitrogens with zero attached hydrogens (tertiary/aromatic N) is 2. The normalized spacial score (nSPS) is 10.6. The van der Waals surface area contributed by atoms with Crippen LogP contribution in [0.1, 0.15) is 11.1 Å². The largest absolute Gasteiger partial charge is 0.236 e. The van der Waals surface area contributed by atoms with Crippen LogP contribution in [0.25, 0.3) is 22.5 Å². The van der Waals surface area contributed by atoms with Crippen LogP contribution in [-0.2, 0) is 0 Å². The highest BCUT2D eigenvalue weighted by molar-refractivity contribution is 5.68. The second-order valence-electron chi connectivity index (χ2n) is 5.14. The molecule has 0 fully saturated rings. The molecule has 3 heteroatoms. The minimum Gasteiger partial charge on any atom is -0.236 e. The van der Waals surface area contributed by atoms with Gasteiger partial charge in [0.1, 0.15) is 5.82 Å². The zero-order valence-corrected chi connectivity index (χ0v) is 12.0. The fourth-order valence-corrected chi connectivity index (χ4v) is 2.19. The van der Waals surface area contributed by atoms with Crippen molar-refractivity contribution in [2.75, 3.05) is 0 Å². The predicted molar refractivity (Wildman–Crippen MR) is 82.3 cm³/mol. The highest BCUT2D eigenvalue weighted by Crippen LogP contribution is 2.25. The van der Waals surface area contributed by atoms with E-state index < -0.39 is 0 Å². The average Bonchev–Trinajstić information content (AvgIpc) is 2.48. The summed E-state index contributed by atoms with van der Waals surface area (Å²) in [7, 11) is 0. The van der Waals surface area contributed by atoms with E-state index in [-0.39, 0.29) is 5.82 Å². The molecule has 0 unspecified atom stereocenters. The topological polar surface area (TPSA) is 25.8 Å². The zero-order valence-electron chi connectivity index (χ0n) is 12.0. The van der Waals surface area contributed by atoms with Crippen molar-refractivity contribution >= 4 is 0 Å². The van der Waals surface area contributed by atoms with E-state index in [1.807, 2.05) is 50.2 Å². The Labute approximate surface area is 123 Å². The fraction of sp³-hybridized carbons (Fsp3) is 0.111. The highest BCUT2D eigenvalue weighted by atomic mass is 19.1. The minimum absolute atomic E-state index is 0.200. The second-order valence-corrected chi connectivity index (χ2v) is 5.14. The Kier molecular flexibility index (Phi) is 3.48. The van der Waals surface area contributed by atoms with Gasteiger partial charge in [0.25, 0.3) is 0 Å². The first-order valence-electron chi connectivity index (χ1n) is 6.79. The summed E-state index contributed by atoms with van der Waals surface area (Å²) in [5, 5.41) is 0. The molecule has 1 heterocycles. The highest BCUT2D eigenvalue weighted by Gasteiger charge is 2.06. The number of rotatable bonds is 2. The van der Waals surface area contributed by atoms with E-state index in [0.717, 1.165) is 22.3 Å². The first-order valence-corrected chi connectivity index (χ1v) is 6.79. The van der Waals surface area contributed by atoms with Crippen LogP contribution in [0.15, 0.2) is 54.9 Å². The maximum atomic E-state index is 14.0. The number of hydrogen-bond acceptors (Lipinski definition) is 2. The van der Waals surface area contributed by atoms with E-state index >= 15 is 0 Å². The van der Waals surface area contributed by atoms with Gasteiger partial charge in [0.05, 0.1) is 0 Å². The summed E-state index contributed by atoms with van der Waals surface area (Å²) in [5.41, 5.74) is 4.32. The molecule has 0 bridgehead atoms. The molecular weight excluding hydrogens is 263 g/mol. The van der Waals surface area contributed by atoms with Crippen LogP contribution in [0.2, 0.25) is 0 Å². The van der Waals surface area contributed by atoms with E-state index in [9.17, 15) is 4.39 Å². The van der Waals surface area contributed by atoms with Crippen LogP contribution in [0, 0.1) is 19.7 Å². The minimum atomic E-state index is -0.200. The van der Waals surface area contributed by atoms with Gasteiger partial charge in [-0.25, -0.2) is 14.4 Å². The quantitative estimate of drug-likeness (QED) is 0.686. The zero-order chi connectivity index (χ0) is 14.8. The Bertz CT molecular complexity index is 762.